The Balaban J connectivity index is 1.88. The summed E-state index contributed by atoms with van der Waals surface area (Å²) < 4.78 is 16.5. The summed E-state index contributed by atoms with van der Waals surface area (Å²) in [5, 5.41) is 10.4. The van der Waals surface area contributed by atoms with Crippen molar-refractivity contribution in [3.8, 4) is 17.2 Å². The van der Waals surface area contributed by atoms with Gasteiger partial charge >= 0.3 is 0 Å². The van der Waals surface area contributed by atoms with E-state index in [0.29, 0.717) is 30.5 Å². The Bertz CT molecular complexity index is 717. The number of aliphatic hydroxyl groups excluding tert-OH is 1. The average molecular weight is 373 g/mol. The first-order chi connectivity index (χ1) is 12.9. The first-order valence-electron chi connectivity index (χ1n) is 9.23. The van der Waals surface area contributed by atoms with Crippen LogP contribution in [0.4, 0.5) is 0 Å². The largest absolute Gasteiger partial charge is 0.493 e. The topological polar surface area (TPSA) is 51.2 Å². The zero-order valence-corrected chi connectivity index (χ0v) is 16.9. The van der Waals surface area contributed by atoms with Crippen molar-refractivity contribution < 1.29 is 19.3 Å². The Morgan fingerprint density at radius 3 is 2.33 bits per heavy atom. The molecule has 2 rings (SSSR count). The molecule has 0 aliphatic rings. The van der Waals surface area contributed by atoms with E-state index in [1.165, 1.54) is 0 Å². The quantitative estimate of drug-likeness (QED) is 0.688. The first kappa shape index (κ1) is 21.1. The molecule has 0 spiro atoms. The molecular formula is C22H31NO4. The second-order valence-corrected chi connectivity index (χ2v) is 7.04. The van der Waals surface area contributed by atoms with Crippen LogP contribution in [0.5, 0.6) is 17.2 Å². The molecule has 0 saturated heterocycles. The SMILES string of the molecule is COc1ccc(CN(C)CC(O)COc2ccccc2C(C)C)cc1OC. The predicted octanol–water partition coefficient (Wildman–Crippen LogP) is 3.70. The first-order valence-corrected chi connectivity index (χ1v) is 9.23. The Labute approximate surface area is 162 Å². The van der Waals surface area contributed by atoms with E-state index in [1.807, 2.05) is 43.4 Å². The fourth-order valence-electron chi connectivity index (χ4n) is 3.04. The Morgan fingerprint density at radius 1 is 0.963 bits per heavy atom. The lowest BCUT2D eigenvalue weighted by atomic mass is 10.0. The van der Waals surface area contributed by atoms with Crippen LogP contribution in [0.2, 0.25) is 0 Å². The lowest BCUT2D eigenvalue weighted by molar-refractivity contribution is 0.0739. The molecule has 27 heavy (non-hydrogen) atoms. The van der Waals surface area contributed by atoms with E-state index in [-0.39, 0.29) is 6.61 Å². The third-order valence-electron chi connectivity index (χ3n) is 4.40. The molecule has 0 amide bonds. The predicted molar refractivity (Wildman–Crippen MR) is 108 cm³/mol. The van der Waals surface area contributed by atoms with Crippen LogP contribution in [0, 0.1) is 0 Å². The number of benzene rings is 2. The van der Waals surface area contributed by atoms with Crippen LogP contribution < -0.4 is 14.2 Å². The van der Waals surface area contributed by atoms with Crippen LogP contribution in [0.15, 0.2) is 42.5 Å². The maximum absolute atomic E-state index is 10.4. The Kier molecular flexibility index (Phi) is 7.95. The third kappa shape index (κ3) is 6.15. The van der Waals surface area contributed by atoms with Crippen molar-refractivity contribution in [1.82, 2.24) is 4.90 Å². The summed E-state index contributed by atoms with van der Waals surface area (Å²) in [5.41, 5.74) is 2.25. The second kappa shape index (κ2) is 10.2. The molecule has 2 aromatic rings. The van der Waals surface area contributed by atoms with E-state index in [0.717, 1.165) is 16.9 Å². The molecule has 1 atom stereocenters. The van der Waals surface area contributed by atoms with Crippen molar-refractivity contribution in [3.63, 3.8) is 0 Å². The molecule has 148 valence electrons. The number of hydrogen-bond acceptors (Lipinski definition) is 5. The standard InChI is InChI=1S/C22H31NO4/c1-16(2)19-8-6-7-9-20(19)27-15-18(24)14-23(3)13-17-10-11-21(25-4)22(12-17)26-5/h6-12,16,18,24H,13-15H2,1-5H3. The van der Waals surface area contributed by atoms with Gasteiger partial charge in [0.05, 0.1) is 14.2 Å². The molecule has 1 unspecified atom stereocenters. The minimum atomic E-state index is -0.574. The van der Waals surface area contributed by atoms with Gasteiger partial charge < -0.3 is 19.3 Å². The number of nitrogens with zero attached hydrogens (tertiary/aromatic N) is 1. The van der Waals surface area contributed by atoms with Gasteiger partial charge in [0.1, 0.15) is 18.5 Å². The van der Waals surface area contributed by atoms with E-state index >= 15 is 0 Å². The van der Waals surface area contributed by atoms with Crippen LogP contribution in [-0.4, -0.2) is 50.5 Å². The van der Waals surface area contributed by atoms with E-state index < -0.39 is 6.10 Å². The van der Waals surface area contributed by atoms with E-state index in [2.05, 4.69) is 24.8 Å². The van der Waals surface area contributed by atoms with Crippen LogP contribution in [0.25, 0.3) is 0 Å². The van der Waals surface area contributed by atoms with Crippen molar-refractivity contribution >= 4 is 0 Å². The van der Waals surface area contributed by atoms with Gasteiger partial charge in [-0.3, -0.25) is 4.90 Å². The third-order valence-corrected chi connectivity index (χ3v) is 4.40. The van der Waals surface area contributed by atoms with E-state index in [4.69, 9.17) is 14.2 Å². The van der Waals surface area contributed by atoms with Gasteiger partial charge in [-0.05, 0) is 42.3 Å². The van der Waals surface area contributed by atoms with Crippen molar-refractivity contribution in [3.05, 3.63) is 53.6 Å². The Hall–Kier alpha value is -2.24. The summed E-state index contributed by atoms with van der Waals surface area (Å²) in [6.45, 7) is 5.74. The maximum Gasteiger partial charge on any atom is 0.161 e. The van der Waals surface area contributed by atoms with E-state index in [1.54, 1.807) is 14.2 Å². The molecule has 0 aliphatic carbocycles. The molecule has 0 aromatic heterocycles. The lowest BCUT2D eigenvalue weighted by Crippen LogP contribution is -2.32. The van der Waals surface area contributed by atoms with E-state index in [9.17, 15) is 5.11 Å². The van der Waals surface area contributed by atoms with Crippen molar-refractivity contribution in [2.45, 2.75) is 32.4 Å². The van der Waals surface area contributed by atoms with Gasteiger partial charge in [-0.2, -0.15) is 0 Å². The number of likely N-dealkylation sites (N-methyl/N-ethyl adjacent to an activating group) is 1. The highest BCUT2D eigenvalue weighted by atomic mass is 16.5. The molecule has 2 aromatic carbocycles. The molecule has 0 aliphatic heterocycles. The zero-order valence-electron chi connectivity index (χ0n) is 16.9. The molecule has 0 saturated carbocycles. The summed E-state index contributed by atoms with van der Waals surface area (Å²) in [7, 11) is 5.22. The van der Waals surface area contributed by atoms with Crippen LogP contribution >= 0.6 is 0 Å². The number of ether oxygens (including phenoxy) is 3. The minimum Gasteiger partial charge on any atom is -0.493 e. The van der Waals surface area contributed by atoms with Gasteiger partial charge in [-0.1, -0.05) is 38.1 Å². The molecule has 1 N–H and O–H groups in total. The summed E-state index contributed by atoms with van der Waals surface area (Å²) in [4.78, 5) is 2.06. The van der Waals surface area contributed by atoms with Gasteiger partial charge in [0, 0.05) is 13.1 Å². The van der Waals surface area contributed by atoms with Gasteiger partial charge in [-0.25, -0.2) is 0 Å². The molecule has 5 nitrogen and oxygen atoms in total. The monoisotopic (exact) mass is 373 g/mol. The molecule has 0 fully saturated rings. The van der Waals surface area contributed by atoms with Gasteiger partial charge in [-0.15, -0.1) is 0 Å². The zero-order chi connectivity index (χ0) is 19.8. The number of para-hydroxylation sites is 1. The minimum absolute atomic E-state index is 0.264. The second-order valence-electron chi connectivity index (χ2n) is 7.04. The Morgan fingerprint density at radius 2 is 1.67 bits per heavy atom. The highest BCUT2D eigenvalue weighted by molar-refractivity contribution is 5.42. The smallest absolute Gasteiger partial charge is 0.161 e. The lowest BCUT2D eigenvalue weighted by Gasteiger charge is -2.22. The number of methoxy groups -OCH3 is 2. The summed E-state index contributed by atoms with van der Waals surface area (Å²) >= 11 is 0. The molecular weight excluding hydrogens is 342 g/mol. The summed E-state index contributed by atoms with van der Waals surface area (Å²) in [5.74, 6) is 2.64. The molecule has 0 bridgehead atoms. The normalized spacial score (nSPS) is 12.3. The fraction of sp³-hybridized carbons (Fsp3) is 0.455. The highest BCUT2D eigenvalue weighted by Crippen LogP contribution is 2.28. The molecule has 0 radical (unpaired) electrons. The maximum atomic E-state index is 10.4. The number of hydrogen-bond donors (Lipinski definition) is 1. The van der Waals surface area contributed by atoms with Gasteiger partial charge in [0.15, 0.2) is 11.5 Å². The number of rotatable bonds is 10. The van der Waals surface area contributed by atoms with Crippen molar-refractivity contribution in [2.24, 2.45) is 0 Å². The summed E-state index contributed by atoms with van der Waals surface area (Å²) in [6.07, 6.45) is -0.574. The van der Waals surface area contributed by atoms with Crippen LogP contribution in [0.3, 0.4) is 0 Å². The number of aliphatic hydroxyl groups is 1. The van der Waals surface area contributed by atoms with Crippen molar-refractivity contribution in [2.75, 3.05) is 34.4 Å². The van der Waals surface area contributed by atoms with Crippen molar-refractivity contribution in [1.29, 1.82) is 0 Å². The molecule has 0 heterocycles. The fourth-order valence-corrected chi connectivity index (χ4v) is 3.04. The van der Waals surface area contributed by atoms with Crippen LogP contribution in [0.1, 0.15) is 30.9 Å². The van der Waals surface area contributed by atoms with Crippen LogP contribution in [-0.2, 0) is 6.54 Å². The molecule has 5 heteroatoms. The van der Waals surface area contributed by atoms with Gasteiger partial charge in [0.25, 0.3) is 0 Å². The van der Waals surface area contributed by atoms with Gasteiger partial charge in [0.2, 0.25) is 0 Å². The summed E-state index contributed by atoms with van der Waals surface area (Å²) in [6, 6.07) is 13.8. The average Bonchev–Trinajstić information content (AvgIpc) is 2.66. The highest BCUT2D eigenvalue weighted by Gasteiger charge is 2.13.